The van der Waals surface area contributed by atoms with Crippen LogP contribution in [0.4, 0.5) is 0 Å². The SMILES string of the molecule is O=C(NC(C(=O)O)C1CCCOC1)c1ccc(Oc2cccnc2)cc1. The molecule has 3 rings (SSSR count). The fourth-order valence-corrected chi connectivity index (χ4v) is 2.85. The van der Waals surface area contributed by atoms with E-state index in [9.17, 15) is 14.7 Å². The molecule has 7 heteroatoms. The van der Waals surface area contributed by atoms with Crippen LogP contribution in [0, 0.1) is 5.92 Å². The molecule has 136 valence electrons. The molecule has 0 spiro atoms. The van der Waals surface area contributed by atoms with Crippen LogP contribution < -0.4 is 10.1 Å². The molecule has 1 saturated heterocycles. The normalized spacial score (nSPS) is 17.9. The first-order valence-electron chi connectivity index (χ1n) is 8.43. The standard InChI is InChI=1S/C19H20N2O5/c22-18(21-17(19(23)24)14-3-2-10-25-12-14)13-5-7-15(8-6-13)26-16-4-1-9-20-11-16/h1,4-9,11,14,17H,2-3,10,12H2,(H,21,22)(H,23,24). The third-order valence-corrected chi connectivity index (χ3v) is 4.21. The summed E-state index contributed by atoms with van der Waals surface area (Å²) in [5.74, 6) is -0.558. The second-order valence-corrected chi connectivity index (χ2v) is 6.08. The second-order valence-electron chi connectivity index (χ2n) is 6.08. The van der Waals surface area contributed by atoms with Crippen molar-refractivity contribution in [3.63, 3.8) is 0 Å². The minimum absolute atomic E-state index is 0.224. The summed E-state index contributed by atoms with van der Waals surface area (Å²) in [6.45, 7) is 0.977. The summed E-state index contributed by atoms with van der Waals surface area (Å²) in [4.78, 5) is 27.9. The van der Waals surface area contributed by atoms with Crippen molar-refractivity contribution in [3.8, 4) is 11.5 Å². The summed E-state index contributed by atoms with van der Waals surface area (Å²) < 4.78 is 11.0. The van der Waals surface area contributed by atoms with Crippen molar-refractivity contribution < 1.29 is 24.2 Å². The Morgan fingerprint density at radius 1 is 1.23 bits per heavy atom. The average molecular weight is 356 g/mol. The van der Waals surface area contributed by atoms with Gasteiger partial charge < -0.3 is 19.9 Å². The molecular weight excluding hydrogens is 336 g/mol. The fraction of sp³-hybridized carbons (Fsp3) is 0.316. The number of carboxylic acids is 1. The fourth-order valence-electron chi connectivity index (χ4n) is 2.85. The number of carboxylic acid groups (broad SMARTS) is 1. The molecule has 1 aliphatic heterocycles. The number of ether oxygens (including phenoxy) is 2. The predicted molar refractivity (Wildman–Crippen MR) is 93.2 cm³/mol. The highest BCUT2D eigenvalue weighted by molar-refractivity contribution is 5.96. The van der Waals surface area contributed by atoms with E-state index in [1.807, 2.05) is 0 Å². The van der Waals surface area contributed by atoms with Gasteiger partial charge in [-0.15, -0.1) is 0 Å². The van der Waals surface area contributed by atoms with E-state index in [4.69, 9.17) is 9.47 Å². The lowest BCUT2D eigenvalue weighted by molar-refractivity contribution is -0.142. The summed E-state index contributed by atoms with van der Waals surface area (Å²) >= 11 is 0. The molecule has 7 nitrogen and oxygen atoms in total. The van der Waals surface area contributed by atoms with E-state index in [-0.39, 0.29) is 5.92 Å². The van der Waals surface area contributed by atoms with Crippen LogP contribution in [0.3, 0.4) is 0 Å². The number of amides is 1. The third kappa shape index (κ3) is 4.58. The molecule has 2 atom stereocenters. The molecule has 1 aromatic heterocycles. The Hall–Kier alpha value is -2.93. The van der Waals surface area contributed by atoms with Gasteiger partial charge in [0.05, 0.1) is 12.8 Å². The molecule has 2 unspecified atom stereocenters. The van der Waals surface area contributed by atoms with Gasteiger partial charge in [-0.1, -0.05) is 0 Å². The number of hydrogen-bond donors (Lipinski definition) is 2. The van der Waals surface area contributed by atoms with Gasteiger partial charge in [0.15, 0.2) is 0 Å². The molecule has 0 bridgehead atoms. The topological polar surface area (TPSA) is 97.8 Å². The zero-order valence-electron chi connectivity index (χ0n) is 14.1. The minimum Gasteiger partial charge on any atom is -0.480 e. The molecule has 1 aromatic carbocycles. The van der Waals surface area contributed by atoms with Gasteiger partial charge in [0, 0.05) is 24.3 Å². The van der Waals surface area contributed by atoms with Crippen LogP contribution >= 0.6 is 0 Å². The summed E-state index contributed by atoms with van der Waals surface area (Å²) in [6, 6.07) is 9.07. The quantitative estimate of drug-likeness (QED) is 0.825. The van der Waals surface area contributed by atoms with Crippen molar-refractivity contribution in [1.29, 1.82) is 0 Å². The van der Waals surface area contributed by atoms with E-state index >= 15 is 0 Å². The van der Waals surface area contributed by atoms with Crippen molar-refractivity contribution in [2.75, 3.05) is 13.2 Å². The highest BCUT2D eigenvalue weighted by Gasteiger charge is 2.31. The van der Waals surface area contributed by atoms with Crippen molar-refractivity contribution in [1.82, 2.24) is 10.3 Å². The van der Waals surface area contributed by atoms with Crippen LogP contribution in [-0.2, 0) is 9.53 Å². The largest absolute Gasteiger partial charge is 0.480 e. The van der Waals surface area contributed by atoms with E-state index < -0.39 is 17.9 Å². The van der Waals surface area contributed by atoms with Crippen LogP contribution in [0.2, 0.25) is 0 Å². The highest BCUT2D eigenvalue weighted by Crippen LogP contribution is 2.21. The van der Waals surface area contributed by atoms with Gasteiger partial charge in [0.2, 0.25) is 0 Å². The number of carbonyl (C=O) groups is 2. The Morgan fingerprint density at radius 3 is 2.65 bits per heavy atom. The number of carbonyl (C=O) groups excluding carboxylic acids is 1. The van der Waals surface area contributed by atoms with Gasteiger partial charge in [0.25, 0.3) is 5.91 Å². The number of aliphatic carboxylic acids is 1. The summed E-state index contributed by atoms with van der Waals surface area (Å²) in [7, 11) is 0. The van der Waals surface area contributed by atoms with Gasteiger partial charge >= 0.3 is 5.97 Å². The van der Waals surface area contributed by atoms with Crippen LogP contribution in [0.25, 0.3) is 0 Å². The number of pyridine rings is 1. The Bertz CT molecular complexity index is 742. The van der Waals surface area contributed by atoms with Crippen molar-refractivity contribution >= 4 is 11.9 Å². The van der Waals surface area contributed by atoms with Gasteiger partial charge in [-0.25, -0.2) is 4.79 Å². The molecular formula is C19H20N2O5. The predicted octanol–water partition coefficient (Wildman–Crippen LogP) is 2.48. The van der Waals surface area contributed by atoms with E-state index in [2.05, 4.69) is 10.3 Å². The lowest BCUT2D eigenvalue weighted by Gasteiger charge is -2.28. The first-order valence-corrected chi connectivity index (χ1v) is 8.43. The van der Waals surface area contributed by atoms with E-state index in [0.29, 0.717) is 30.3 Å². The Balaban J connectivity index is 1.64. The van der Waals surface area contributed by atoms with Crippen LogP contribution in [0.1, 0.15) is 23.2 Å². The van der Waals surface area contributed by atoms with E-state index in [1.54, 1.807) is 48.8 Å². The Kier molecular flexibility index (Phi) is 5.80. The number of rotatable bonds is 6. The number of benzene rings is 1. The second kappa shape index (κ2) is 8.44. The van der Waals surface area contributed by atoms with Crippen molar-refractivity contribution in [2.45, 2.75) is 18.9 Å². The van der Waals surface area contributed by atoms with Crippen LogP contribution in [0.15, 0.2) is 48.8 Å². The Labute approximate surface area is 151 Å². The van der Waals surface area contributed by atoms with E-state index in [1.165, 1.54) is 0 Å². The first-order chi connectivity index (χ1) is 12.6. The lowest BCUT2D eigenvalue weighted by Crippen LogP contribution is -2.48. The molecule has 1 fully saturated rings. The number of aromatic nitrogens is 1. The number of nitrogens with one attached hydrogen (secondary N) is 1. The smallest absolute Gasteiger partial charge is 0.326 e. The van der Waals surface area contributed by atoms with E-state index in [0.717, 1.165) is 12.8 Å². The summed E-state index contributed by atoms with van der Waals surface area (Å²) in [5, 5.41) is 12.0. The molecule has 0 saturated carbocycles. The molecule has 1 amide bonds. The molecule has 2 aromatic rings. The molecule has 0 aliphatic carbocycles. The summed E-state index contributed by atoms with van der Waals surface area (Å²) in [6.07, 6.45) is 4.75. The molecule has 26 heavy (non-hydrogen) atoms. The van der Waals surface area contributed by atoms with Gasteiger partial charge in [-0.2, -0.15) is 0 Å². The molecule has 1 aliphatic rings. The number of hydrogen-bond acceptors (Lipinski definition) is 5. The van der Waals surface area contributed by atoms with Crippen molar-refractivity contribution in [3.05, 3.63) is 54.4 Å². The Morgan fingerprint density at radius 2 is 2.04 bits per heavy atom. The maximum absolute atomic E-state index is 12.4. The zero-order chi connectivity index (χ0) is 18.4. The maximum Gasteiger partial charge on any atom is 0.326 e. The van der Waals surface area contributed by atoms with Gasteiger partial charge in [-0.05, 0) is 49.2 Å². The number of nitrogens with zero attached hydrogens (tertiary/aromatic N) is 1. The molecule has 2 N–H and O–H groups in total. The third-order valence-electron chi connectivity index (χ3n) is 4.21. The highest BCUT2D eigenvalue weighted by atomic mass is 16.5. The van der Waals surface area contributed by atoms with Gasteiger partial charge in [0.1, 0.15) is 17.5 Å². The zero-order valence-corrected chi connectivity index (χ0v) is 14.1. The van der Waals surface area contributed by atoms with Crippen LogP contribution in [0.5, 0.6) is 11.5 Å². The monoisotopic (exact) mass is 356 g/mol. The maximum atomic E-state index is 12.4. The lowest BCUT2D eigenvalue weighted by atomic mass is 9.93. The average Bonchev–Trinajstić information content (AvgIpc) is 2.68. The van der Waals surface area contributed by atoms with Crippen LogP contribution in [-0.4, -0.2) is 41.2 Å². The summed E-state index contributed by atoms with van der Waals surface area (Å²) in [5.41, 5.74) is 0.367. The van der Waals surface area contributed by atoms with Gasteiger partial charge in [-0.3, -0.25) is 9.78 Å². The molecule has 2 heterocycles. The van der Waals surface area contributed by atoms with Crippen molar-refractivity contribution in [2.24, 2.45) is 5.92 Å². The first kappa shape index (κ1) is 17.9. The minimum atomic E-state index is -1.05. The molecule has 0 radical (unpaired) electrons.